The summed E-state index contributed by atoms with van der Waals surface area (Å²) in [4.78, 5) is 7.50. The molecule has 2 atom stereocenters. The van der Waals surface area contributed by atoms with E-state index in [2.05, 4.69) is 22.2 Å². The van der Waals surface area contributed by atoms with Gasteiger partial charge >= 0.3 is 7.12 Å². The second-order valence-electron chi connectivity index (χ2n) is 5.94. The Bertz CT molecular complexity index is 712. The van der Waals surface area contributed by atoms with Gasteiger partial charge in [0.25, 0.3) is 0 Å². The molecule has 0 spiro atoms. The predicted octanol–water partition coefficient (Wildman–Crippen LogP) is 1.60. The molecule has 0 saturated carbocycles. The van der Waals surface area contributed by atoms with Gasteiger partial charge in [-0.1, -0.05) is 6.92 Å². The van der Waals surface area contributed by atoms with Crippen LogP contribution in [0.2, 0.25) is 0 Å². The Hall–Kier alpha value is -1.79. The summed E-state index contributed by atoms with van der Waals surface area (Å²) in [7, 11) is -0.889. The fraction of sp³-hybridized carbons (Fsp3) is 0.400. The number of nitrogens with zero attached hydrogens (tertiary/aromatic N) is 1. The van der Waals surface area contributed by atoms with Gasteiger partial charge in [0.15, 0.2) is 0 Å². The third-order valence-corrected chi connectivity index (χ3v) is 4.64. The average molecular weight is 283 g/mol. The zero-order chi connectivity index (χ0) is 14.4. The van der Waals surface area contributed by atoms with Crippen LogP contribution in [0.4, 0.5) is 0 Å². The number of rotatable bonds is 1. The van der Waals surface area contributed by atoms with Crippen LogP contribution in [-0.2, 0) is 0 Å². The summed E-state index contributed by atoms with van der Waals surface area (Å²) in [5, 5.41) is 14.5. The van der Waals surface area contributed by atoms with Crippen LogP contribution in [0.1, 0.15) is 18.9 Å². The molecule has 5 nitrogen and oxygen atoms in total. The van der Waals surface area contributed by atoms with Crippen LogP contribution in [0.3, 0.4) is 0 Å². The van der Waals surface area contributed by atoms with Gasteiger partial charge in [0.2, 0.25) is 0 Å². The highest BCUT2D eigenvalue weighted by atomic mass is 16.5. The van der Waals surface area contributed by atoms with Crippen molar-refractivity contribution < 1.29 is 9.68 Å². The van der Waals surface area contributed by atoms with Gasteiger partial charge in [-0.3, -0.25) is 0 Å². The molecule has 0 radical (unpaired) electrons. The molecule has 0 amide bonds. The minimum absolute atomic E-state index is 0.386. The van der Waals surface area contributed by atoms with Gasteiger partial charge in [-0.05, 0) is 42.4 Å². The third kappa shape index (κ3) is 2.06. The van der Waals surface area contributed by atoms with E-state index in [-0.39, 0.29) is 0 Å². The molecule has 6 heteroatoms. The maximum Gasteiger partial charge on any atom is 0.552 e. The van der Waals surface area contributed by atoms with Crippen molar-refractivity contribution in [3.8, 4) is 5.75 Å². The highest BCUT2D eigenvalue weighted by molar-refractivity contribution is 6.52. The Balaban J connectivity index is 1.88. The highest BCUT2D eigenvalue weighted by Crippen LogP contribution is 2.42. The van der Waals surface area contributed by atoms with Crippen LogP contribution in [-0.4, -0.2) is 35.2 Å². The number of pyridine rings is 1. The Labute approximate surface area is 123 Å². The smallest absolute Gasteiger partial charge is 0.531 e. The van der Waals surface area contributed by atoms with E-state index >= 15 is 0 Å². The molecule has 108 valence electrons. The number of hydrogen-bond donors (Lipinski definition) is 3. The molecule has 2 aliphatic rings. The van der Waals surface area contributed by atoms with Crippen LogP contribution in [0, 0.1) is 11.8 Å². The molecule has 2 aromatic rings. The Morgan fingerprint density at radius 3 is 3.24 bits per heavy atom. The molecular formula is C15H18BN3O2. The molecule has 3 N–H and O–H groups in total. The Kier molecular flexibility index (Phi) is 3.01. The van der Waals surface area contributed by atoms with Crippen LogP contribution in [0.15, 0.2) is 24.4 Å². The lowest BCUT2D eigenvalue weighted by Crippen LogP contribution is -2.37. The minimum Gasteiger partial charge on any atom is -0.531 e. The zero-order valence-electron chi connectivity index (χ0n) is 12.0. The molecule has 21 heavy (non-hydrogen) atoms. The van der Waals surface area contributed by atoms with Crippen molar-refractivity contribution >= 4 is 23.7 Å². The normalized spacial score (nSPS) is 25.4. The maximum atomic E-state index is 10.0. The monoisotopic (exact) mass is 283 g/mol. The number of H-pyrrole nitrogens is 1. The lowest BCUT2D eigenvalue weighted by Gasteiger charge is -2.34. The first-order chi connectivity index (χ1) is 10.2. The quantitative estimate of drug-likeness (QED) is 0.695. The topological polar surface area (TPSA) is 70.2 Å². The average Bonchev–Trinajstić information content (AvgIpc) is 2.95. The van der Waals surface area contributed by atoms with Crippen LogP contribution in [0.5, 0.6) is 5.75 Å². The van der Waals surface area contributed by atoms with Crippen LogP contribution in [0.25, 0.3) is 16.6 Å². The fourth-order valence-corrected chi connectivity index (χ4v) is 3.49. The summed E-state index contributed by atoms with van der Waals surface area (Å²) in [6, 6.07) is 2.02. The van der Waals surface area contributed by atoms with Crippen LogP contribution < -0.4 is 9.97 Å². The highest BCUT2D eigenvalue weighted by Gasteiger charge is 2.33. The van der Waals surface area contributed by atoms with E-state index in [0.717, 1.165) is 36.1 Å². The molecular weight excluding hydrogens is 265 g/mol. The minimum atomic E-state index is -0.889. The van der Waals surface area contributed by atoms with Crippen molar-refractivity contribution in [2.75, 3.05) is 13.1 Å². The van der Waals surface area contributed by atoms with Gasteiger partial charge in [0, 0.05) is 23.7 Å². The third-order valence-electron chi connectivity index (χ3n) is 4.64. The number of nitrogens with one attached hydrogen (secondary N) is 2. The van der Waals surface area contributed by atoms with E-state index in [1.807, 2.05) is 18.2 Å². The summed E-state index contributed by atoms with van der Waals surface area (Å²) < 4.78 is 5.55. The molecule has 1 unspecified atom stereocenters. The van der Waals surface area contributed by atoms with Gasteiger partial charge in [-0.2, -0.15) is 0 Å². The number of hydrogen-bond acceptors (Lipinski definition) is 4. The molecule has 4 heterocycles. The molecule has 0 aliphatic carbocycles. The molecule has 4 rings (SSSR count). The zero-order valence-corrected chi connectivity index (χ0v) is 12.0. The van der Waals surface area contributed by atoms with Gasteiger partial charge in [0.05, 0.1) is 6.20 Å². The molecule has 2 aromatic heterocycles. The van der Waals surface area contributed by atoms with E-state index in [1.165, 1.54) is 5.57 Å². The van der Waals surface area contributed by atoms with Crippen molar-refractivity contribution in [3.63, 3.8) is 0 Å². The van der Waals surface area contributed by atoms with E-state index in [0.29, 0.717) is 17.6 Å². The maximum absolute atomic E-state index is 10.0. The lowest BCUT2D eigenvalue weighted by molar-refractivity contribution is 0.331. The van der Waals surface area contributed by atoms with Crippen molar-refractivity contribution in [1.29, 1.82) is 0 Å². The summed E-state index contributed by atoms with van der Waals surface area (Å²) in [6.45, 7) is 4.28. The first-order valence-corrected chi connectivity index (χ1v) is 7.47. The second kappa shape index (κ2) is 4.89. The van der Waals surface area contributed by atoms with Crippen molar-refractivity contribution in [2.45, 2.75) is 13.3 Å². The van der Waals surface area contributed by atoms with Crippen molar-refractivity contribution in [2.24, 2.45) is 11.8 Å². The molecule has 0 aromatic carbocycles. The molecule has 1 saturated heterocycles. The van der Waals surface area contributed by atoms with Crippen molar-refractivity contribution in [3.05, 3.63) is 30.0 Å². The van der Waals surface area contributed by atoms with E-state index in [1.54, 1.807) is 6.20 Å². The number of aromatic nitrogens is 2. The first kappa shape index (κ1) is 12.9. The predicted molar refractivity (Wildman–Crippen MR) is 82.8 cm³/mol. The van der Waals surface area contributed by atoms with Crippen LogP contribution >= 0.6 is 0 Å². The lowest BCUT2D eigenvalue weighted by atomic mass is 9.72. The Morgan fingerprint density at radius 1 is 1.48 bits per heavy atom. The van der Waals surface area contributed by atoms with Crippen molar-refractivity contribution in [1.82, 2.24) is 15.3 Å². The summed E-state index contributed by atoms with van der Waals surface area (Å²) in [5.74, 6) is 3.49. The summed E-state index contributed by atoms with van der Waals surface area (Å²) in [6.07, 6.45) is 4.74. The molecule has 0 bridgehead atoms. The largest absolute Gasteiger partial charge is 0.552 e. The Morgan fingerprint density at radius 2 is 2.38 bits per heavy atom. The standard InChI is InChI=1S/C15H18BN3O2/c1-9-2-4-17-7-12(9)11-6-16(20)21-13-8-19-15-10(14(11)13)3-5-18-15/h3,5-6,8-9,12,17,20H,2,4,7H2,1H3,(H,18,19)/t9-,12?/m0/s1. The van der Waals surface area contributed by atoms with Gasteiger partial charge in [-0.25, -0.2) is 4.98 Å². The number of fused-ring (bicyclic) bond motifs is 3. The fourth-order valence-electron chi connectivity index (χ4n) is 3.49. The van der Waals surface area contributed by atoms with Gasteiger partial charge < -0.3 is 20.0 Å². The van der Waals surface area contributed by atoms with Gasteiger partial charge in [0.1, 0.15) is 11.4 Å². The number of aromatic amines is 1. The first-order valence-electron chi connectivity index (χ1n) is 7.47. The summed E-state index contributed by atoms with van der Waals surface area (Å²) in [5.41, 5.74) is 3.11. The molecule has 2 aliphatic heterocycles. The summed E-state index contributed by atoms with van der Waals surface area (Å²) >= 11 is 0. The second-order valence-corrected chi connectivity index (χ2v) is 5.94. The molecule has 1 fully saturated rings. The van der Waals surface area contributed by atoms with Gasteiger partial charge in [-0.15, -0.1) is 0 Å². The SMILES string of the molecule is C[C@H]1CCNCC1C1=CB(O)Oc2cnc3[nH]ccc3c21. The number of piperidine rings is 1. The van der Waals surface area contributed by atoms with E-state index in [9.17, 15) is 5.02 Å². The van der Waals surface area contributed by atoms with E-state index in [4.69, 9.17) is 4.65 Å². The van der Waals surface area contributed by atoms with E-state index < -0.39 is 7.12 Å².